The topological polar surface area (TPSA) is 75.4 Å². The SMILES string of the molecule is O=C1c2c(O)c(=O)cnn2[C@@H](C(c2ccccc2)c2ccccc2)CN1CC1CC1. The first-order valence-corrected chi connectivity index (χ1v) is 10.3. The van der Waals surface area contributed by atoms with Gasteiger partial charge in [-0.15, -0.1) is 0 Å². The van der Waals surface area contributed by atoms with Crippen molar-refractivity contribution in [3.05, 3.63) is 93.9 Å². The van der Waals surface area contributed by atoms with Gasteiger partial charge in [0.05, 0.1) is 12.2 Å². The molecular formula is C24H23N3O3. The summed E-state index contributed by atoms with van der Waals surface area (Å²) in [7, 11) is 0. The number of fused-ring (bicyclic) bond motifs is 1. The predicted molar refractivity (Wildman–Crippen MR) is 113 cm³/mol. The molecule has 5 rings (SSSR count). The van der Waals surface area contributed by atoms with Crippen molar-refractivity contribution in [2.45, 2.75) is 24.8 Å². The molecule has 0 saturated heterocycles. The minimum absolute atomic E-state index is 0.00346. The summed E-state index contributed by atoms with van der Waals surface area (Å²) < 4.78 is 1.56. The van der Waals surface area contributed by atoms with E-state index in [0.717, 1.165) is 30.2 Å². The molecule has 1 atom stereocenters. The fraction of sp³-hybridized carbons (Fsp3) is 0.292. The van der Waals surface area contributed by atoms with Crippen LogP contribution < -0.4 is 5.43 Å². The van der Waals surface area contributed by atoms with Gasteiger partial charge in [0, 0.05) is 19.0 Å². The molecule has 2 heterocycles. The largest absolute Gasteiger partial charge is 0.502 e. The summed E-state index contributed by atoms with van der Waals surface area (Å²) in [4.78, 5) is 27.0. The standard InChI is InChI=1S/C24H23N3O3/c28-20-13-25-27-19(15-26(14-16-11-12-16)24(30)22(27)23(20)29)21(17-7-3-1-4-8-17)18-9-5-2-6-10-18/h1-10,13,16,19,21,29H,11-12,14-15H2/t19-/m1/s1. The molecule has 1 saturated carbocycles. The number of hydrogen-bond donors (Lipinski definition) is 1. The summed E-state index contributed by atoms with van der Waals surface area (Å²) >= 11 is 0. The summed E-state index contributed by atoms with van der Waals surface area (Å²) in [6.45, 7) is 1.13. The van der Waals surface area contributed by atoms with Crippen LogP contribution in [0, 0.1) is 5.92 Å². The van der Waals surface area contributed by atoms with Gasteiger partial charge in [-0.05, 0) is 29.9 Å². The van der Waals surface area contributed by atoms with E-state index in [2.05, 4.69) is 29.4 Å². The lowest BCUT2D eigenvalue weighted by Gasteiger charge is -2.39. The minimum Gasteiger partial charge on any atom is -0.502 e. The third-order valence-electron chi connectivity index (χ3n) is 6.08. The van der Waals surface area contributed by atoms with Gasteiger partial charge in [-0.25, -0.2) is 0 Å². The van der Waals surface area contributed by atoms with Gasteiger partial charge in [0.15, 0.2) is 11.4 Å². The molecule has 1 amide bonds. The van der Waals surface area contributed by atoms with Gasteiger partial charge in [0.1, 0.15) is 0 Å². The van der Waals surface area contributed by atoms with Gasteiger partial charge in [-0.1, -0.05) is 60.7 Å². The molecule has 152 valence electrons. The molecule has 2 aliphatic rings. The number of hydrogen-bond acceptors (Lipinski definition) is 4. The maximum absolute atomic E-state index is 13.2. The van der Waals surface area contributed by atoms with Gasteiger partial charge in [0.2, 0.25) is 5.43 Å². The van der Waals surface area contributed by atoms with Crippen LogP contribution in [0.4, 0.5) is 0 Å². The Morgan fingerprint density at radius 1 is 0.967 bits per heavy atom. The smallest absolute Gasteiger partial charge is 0.276 e. The Balaban J connectivity index is 1.68. The monoisotopic (exact) mass is 401 g/mol. The lowest BCUT2D eigenvalue weighted by molar-refractivity contribution is 0.0624. The number of aromatic hydroxyl groups is 1. The normalized spacial score (nSPS) is 18.5. The molecule has 1 aliphatic carbocycles. The van der Waals surface area contributed by atoms with E-state index in [1.54, 1.807) is 9.58 Å². The molecule has 0 radical (unpaired) electrons. The third-order valence-corrected chi connectivity index (χ3v) is 6.08. The van der Waals surface area contributed by atoms with Gasteiger partial charge in [-0.2, -0.15) is 5.10 Å². The number of rotatable bonds is 5. The first-order chi connectivity index (χ1) is 14.6. The molecular weight excluding hydrogens is 378 g/mol. The van der Waals surface area contributed by atoms with Gasteiger partial charge >= 0.3 is 0 Å². The summed E-state index contributed by atoms with van der Waals surface area (Å²) in [6.07, 6.45) is 3.32. The second-order valence-electron chi connectivity index (χ2n) is 8.17. The first kappa shape index (κ1) is 18.6. The van der Waals surface area contributed by atoms with E-state index in [1.165, 1.54) is 0 Å². The molecule has 1 aliphatic heterocycles. The van der Waals surface area contributed by atoms with E-state index in [-0.39, 0.29) is 23.6 Å². The molecule has 3 aromatic rings. The molecule has 0 bridgehead atoms. The maximum atomic E-state index is 13.2. The molecule has 6 heteroatoms. The number of carbonyl (C=O) groups excluding carboxylic acids is 1. The van der Waals surface area contributed by atoms with E-state index in [4.69, 9.17) is 0 Å². The summed E-state index contributed by atoms with van der Waals surface area (Å²) in [5.41, 5.74) is 1.56. The number of nitrogens with zero attached hydrogens (tertiary/aromatic N) is 3. The predicted octanol–water partition coefficient (Wildman–Crippen LogP) is 3.19. The fourth-order valence-electron chi connectivity index (χ4n) is 4.42. The number of benzene rings is 2. The second kappa shape index (κ2) is 7.44. The van der Waals surface area contributed by atoms with E-state index in [9.17, 15) is 14.7 Å². The summed E-state index contributed by atoms with van der Waals surface area (Å²) in [5.74, 6) is -0.421. The Kier molecular flexibility index (Phi) is 4.62. The van der Waals surface area contributed by atoms with Crippen molar-refractivity contribution in [1.29, 1.82) is 0 Å². The van der Waals surface area contributed by atoms with Crippen molar-refractivity contribution >= 4 is 5.91 Å². The number of amides is 1. The van der Waals surface area contributed by atoms with Crippen LogP contribution in [-0.2, 0) is 0 Å². The van der Waals surface area contributed by atoms with E-state index in [0.29, 0.717) is 19.0 Å². The highest BCUT2D eigenvalue weighted by atomic mass is 16.3. The van der Waals surface area contributed by atoms with Crippen molar-refractivity contribution in [3.63, 3.8) is 0 Å². The van der Waals surface area contributed by atoms with Crippen molar-refractivity contribution in [3.8, 4) is 5.75 Å². The Bertz CT molecular complexity index is 1080. The molecule has 2 aromatic carbocycles. The van der Waals surface area contributed by atoms with Gasteiger partial charge < -0.3 is 10.0 Å². The minimum atomic E-state index is -0.627. The highest BCUT2D eigenvalue weighted by Crippen LogP contribution is 2.40. The molecule has 1 aromatic heterocycles. The Hall–Kier alpha value is -3.41. The summed E-state index contributed by atoms with van der Waals surface area (Å²) in [5, 5.41) is 14.8. The molecule has 1 N–H and O–H groups in total. The lowest BCUT2D eigenvalue weighted by Crippen LogP contribution is -2.47. The van der Waals surface area contributed by atoms with Gasteiger partial charge in [0.25, 0.3) is 5.91 Å². The van der Waals surface area contributed by atoms with Crippen LogP contribution in [-0.4, -0.2) is 38.8 Å². The van der Waals surface area contributed by atoms with Crippen molar-refractivity contribution in [2.75, 3.05) is 13.1 Å². The van der Waals surface area contributed by atoms with E-state index < -0.39 is 11.2 Å². The second-order valence-corrected chi connectivity index (χ2v) is 8.17. The quantitative estimate of drug-likeness (QED) is 0.712. The van der Waals surface area contributed by atoms with Crippen LogP contribution in [0.5, 0.6) is 5.75 Å². The highest BCUT2D eigenvalue weighted by Gasteiger charge is 2.41. The molecule has 0 unspecified atom stereocenters. The Morgan fingerprint density at radius 3 is 2.13 bits per heavy atom. The zero-order valence-corrected chi connectivity index (χ0v) is 16.5. The zero-order chi connectivity index (χ0) is 20.7. The molecule has 6 nitrogen and oxygen atoms in total. The lowest BCUT2D eigenvalue weighted by atomic mass is 9.83. The zero-order valence-electron chi connectivity index (χ0n) is 16.5. The fourth-order valence-corrected chi connectivity index (χ4v) is 4.42. The average Bonchev–Trinajstić information content (AvgIpc) is 3.59. The maximum Gasteiger partial charge on any atom is 0.276 e. The average molecular weight is 401 g/mol. The van der Waals surface area contributed by atoms with Crippen LogP contribution in [0.25, 0.3) is 0 Å². The van der Waals surface area contributed by atoms with Gasteiger partial charge in [-0.3, -0.25) is 14.3 Å². The van der Waals surface area contributed by atoms with Crippen molar-refractivity contribution < 1.29 is 9.90 Å². The number of aromatic nitrogens is 2. The number of carbonyl (C=O) groups is 1. The van der Waals surface area contributed by atoms with Crippen LogP contribution in [0.15, 0.2) is 71.7 Å². The molecule has 30 heavy (non-hydrogen) atoms. The van der Waals surface area contributed by atoms with E-state index >= 15 is 0 Å². The van der Waals surface area contributed by atoms with Crippen molar-refractivity contribution in [2.24, 2.45) is 5.92 Å². The Morgan fingerprint density at radius 2 is 1.57 bits per heavy atom. The van der Waals surface area contributed by atoms with Crippen molar-refractivity contribution in [1.82, 2.24) is 14.7 Å². The van der Waals surface area contributed by atoms with Crippen LogP contribution in [0.2, 0.25) is 0 Å². The highest BCUT2D eigenvalue weighted by molar-refractivity contribution is 5.95. The van der Waals surface area contributed by atoms with E-state index in [1.807, 2.05) is 36.4 Å². The van der Waals surface area contributed by atoms with Crippen LogP contribution >= 0.6 is 0 Å². The molecule has 1 fully saturated rings. The molecule has 0 spiro atoms. The van der Waals surface area contributed by atoms with Crippen LogP contribution in [0.3, 0.4) is 0 Å². The van der Waals surface area contributed by atoms with Crippen LogP contribution in [0.1, 0.15) is 46.4 Å². The first-order valence-electron chi connectivity index (χ1n) is 10.3. The summed E-state index contributed by atoms with van der Waals surface area (Å²) in [6, 6.07) is 20.0. The Labute approximate surface area is 174 Å². The third kappa shape index (κ3) is 3.28.